The lowest BCUT2D eigenvalue weighted by atomic mass is 9.85. The highest BCUT2D eigenvalue weighted by atomic mass is 16.5. The number of rotatable bonds is 5. The van der Waals surface area contributed by atoms with Gasteiger partial charge in [0.05, 0.1) is 6.33 Å². The topological polar surface area (TPSA) is 81.0 Å². The molecule has 0 aromatic carbocycles. The first kappa shape index (κ1) is 14.1. The molecule has 5 nitrogen and oxygen atoms in total. The van der Waals surface area contributed by atoms with E-state index in [0.717, 1.165) is 31.4 Å². The van der Waals surface area contributed by atoms with Gasteiger partial charge in [-0.2, -0.15) is 0 Å². The molecule has 0 amide bonds. The first-order chi connectivity index (χ1) is 9.20. The molecule has 1 heterocycles. The molecule has 1 aromatic heterocycles. The third kappa shape index (κ3) is 3.80. The number of carbonyl (C=O) groups is 1. The zero-order chi connectivity index (χ0) is 13.7. The summed E-state index contributed by atoms with van der Waals surface area (Å²) in [6, 6.07) is -0.611. The number of ether oxygens (including phenoxy) is 1. The molecule has 5 heteroatoms. The number of hydrogen-bond acceptors (Lipinski definition) is 4. The quantitative estimate of drug-likeness (QED) is 0.795. The minimum absolute atomic E-state index is 0.0547. The molecule has 2 rings (SSSR count). The van der Waals surface area contributed by atoms with Gasteiger partial charge in [0.15, 0.2) is 0 Å². The van der Waals surface area contributed by atoms with Crippen LogP contribution in [0.2, 0.25) is 0 Å². The van der Waals surface area contributed by atoms with Crippen LogP contribution < -0.4 is 5.73 Å². The predicted octanol–water partition coefficient (Wildman–Crippen LogP) is 1.79. The predicted molar refractivity (Wildman–Crippen MR) is 72.4 cm³/mol. The Morgan fingerprint density at radius 2 is 2.37 bits per heavy atom. The van der Waals surface area contributed by atoms with Crippen LogP contribution in [0.15, 0.2) is 12.5 Å². The molecule has 1 saturated carbocycles. The van der Waals surface area contributed by atoms with Crippen molar-refractivity contribution in [1.29, 1.82) is 0 Å². The first-order valence-corrected chi connectivity index (χ1v) is 7.14. The van der Waals surface area contributed by atoms with Crippen LogP contribution in [-0.4, -0.2) is 28.1 Å². The standard InChI is InChI=1S/C14H23N3O2/c1-2-10-5-3-4-6-13(10)19-14(18)12(15)7-11-8-16-9-17-11/h8-10,12-13H,2-7,15H2,1H3,(H,16,17)/t10?,12-,13?/m1/s1. The van der Waals surface area contributed by atoms with E-state index in [1.54, 1.807) is 12.5 Å². The van der Waals surface area contributed by atoms with E-state index in [1.165, 1.54) is 6.42 Å². The number of nitrogens with zero attached hydrogens (tertiary/aromatic N) is 1. The number of aromatic amines is 1. The van der Waals surface area contributed by atoms with E-state index in [9.17, 15) is 4.79 Å². The van der Waals surface area contributed by atoms with E-state index >= 15 is 0 Å². The fraction of sp³-hybridized carbons (Fsp3) is 0.714. The number of H-pyrrole nitrogens is 1. The Morgan fingerprint density at radius 3 is 3.05 bits per heavy atom. The van der Waals surface area contributed by atoms with Crippen LogP contribution in [0.3, 0.4) is 0 Å². The van der Waals surface area contributed by atoms with Crippen molar-refractivity contribution in [3.05, 3.63) is 18.2 Å². The average Bonchev–Trinajstić information content (AvgIpc) is 2.92. The Balaban J connectivity index is 1.85. The maximum atomic E-state index is 12.0. The van der Waals surface area contributed by atoms with Gasteiger partial charge in [-0.1, -0.05) is 13.3 Å². The number of nitrogens with two attached hydrogens (primary N) is 1. The van der Waals surface area contributed by atoms with Gasteiger partial charge in [0.1, 0.15) is 12.1 Å². The third-order valence-corrected chi connectivity index (χ3v) is 3.93. The van der Waals surface area contributed by atoms with E-state index in [1.807, 2.05) is 0 Å². The van der Waals surface area contributed by atoms with Crippen molar-refractivity contribution in [1.82, 2.24) is 9.97 Å². The van der Waals surface area contributed by atoms with Crippen molar-refractivity contribution in [2.24, 2.45) is 11.7 Å². The molecule has 0 saturated heterocycles. The van der Waals surface area contributed by atoms with Gasteiger partial charge < -0.3 is 15.5 Å². The second-order valence-electron chi connectivity index (χ2n) is 5.32. The number of carbonyl (C=O) groups excluding carboxylic acids is 1. The highest BCUT2D eigenvalue weighted by Gasteiger charge is 2.28. The maximum absolute atomic E-state index is 12.0. The molecule has 19 heavy (non-hydrogen) atoms. The summed E-state index contributed by atoms with van der Waals surface area (Å²) in [5.41, 5.74) is 6.75. The zero-order valence-electron chi connectivity index (χ0n) is 11.5. The molecule has 0 bridgehead atoms. The first-order valence-electron chi connectivity index (χ1n) is 7.14. The van der Waals surface area contributed by atoms with Crippen LogP contribution in [0.4, 0.5) is 0 Å². The highest BCUT2D eigenvalue weighted by molar-refractivity contribution is 5.76. The van der Waals surface area contributed by atoms with Gasteiger partial charge in [-0.25, -0.2) is 4.98 Å². The molecule has 1 fully saturated rings. The molecular formula is C14H23N3O2. The fourth-order valence-electron chi connectivity index (χ4n) is 2.75. The second kappa shape index (κ2) is 6.70. The number of nitrogens with one attached hydrogen (secondary N) is 1. The minimum atomic E-state index is -0.611. The third-order valence-electron chi connectivity index (χ3n) is 3.93. The van der Waals surface area contributed by atoms with E-state index in [4.69, 9.17) is 10.5 Å². The SMILES string of the molecule is CCC1CCCCC1OC(=O)[C@H](N)Cc1cnc[nH]1. The van der Waals surface area contributed by atoms with Crippen LogP contribution in [-0.2, 0) is 16.0 Å². The van der Waals surface area contributed by atoms with Crippen molar-refractivity contribution in [2.75, 3.05) is 0 Å². The Hall–Kier alpha value is -1.36. The molecule has 0 spiro atoms. The maximum Gasteiger partial charge on any atom is 0.323 e. The zero-order valence-corrected chi connectivity index (χ0v) is 11.5. The Bertz CT molecular complexity index is 391. The summed E-state index contributed by atoms with van der Waals surface area (Å²) in [6.07, 6.45) is 9.35. The van der Waals surface area contributed by atoms with Gasteiger partial charge in [0.2, 0.25) is 0 Å². The van der Waals surface area contributed by atoms with Crippen LogP contribution >= 0.6 is 0 Å². The van der Waals surface area contributed by atoms with Crippen LogP contribution in [0.1, 0.15) is 44.7 Å². The molecule has 106 valence electrons. The second-order valence-corrected chi connectivity index (χ2v) is 5.32. The number of esters is 1. The molecule has 0 aliphatic heterocycles. The summed E-state index contributed by atoms with van der Waals surface area (Å²) < 4.78 is 5.61. The van der Waals surface area contributed by atoms with Crippen molar-refractivity contribution >= 4 is 5.97 Å². The van der Waals surface area contributed by atoms with Gasteiger partial charge in [-0.05, 0) is 31.6 Å². The van der Waals surface area contributed by atoms with Crippen molar-refractivity contribution in [3.63, 3.8) is 0 Å². The average molecular weight is 265 g/mol. The van der Waals surface area contributed by atoms with Gasteiger partial charge in [0, 0.05) is 18.3 Å². The minimum Gasteiger partial charge on any atom is -0.461 e. The van der Waals surface area contributed by atoms with E-state index < -0.39 is 6.04 Å². The summed E-state index contributed by atoms with van der Waals surface area (Å²) in [5.74, 6) is 0.206. The van der Waals surface area contributed by atoms with Crippen LogP contribution in [0.25, 0.3) is 0 Å². The smallest absolute Gasteiger partial charge is 0.323 e. The Kier molecular flexibility index (Phi) is 4.96. The fourth-order valence-corrected chi connectivity index (χ4v) is 2.75. The van der Waals surface area contributed by atoms with Gasteiger partial charge in [-0.3, -0.25) is 4.79 Å². The molecule has 1 aromatic rings. The molecule has 3 N–H and O–H groups in total. The lowest BCUT2D eigenvalue weighted by Gasteiger charge is -2.31. The number of hydrogen-bond donors (Lipinski definition) is 2. The summed E-state index contributed by atoms with van der Waals surface area (Å²) in [4.78, 5) is 18.9. The lowest BCUT2D eigenvalue weighted by molar-refractivity contribution is -0.155. The molecule has 3 atom stereocenters. The largest absolute Gasteiger partial charge is 0.461 e. The molecule has 1 aliphatic rings. The molecule has 1 aliphatic carbocycles. The molecular weight excluding hydrogens is 242 g/mol. The summed E-state index contributed by atoms with van der Waals surface area (Å²) >= 11 is 0. The number of aromatic nitrogens is 2. The summed E-state index contributed by atoms with van der Waals surface area (Å²) in [5, 5.41) is 0. The number of imidazole rings is 1. The molecule has 2 unspecified atom stereocenters. The van der Waals surface area contributed by atoms with Crippen LogP contribution in [0.5, 0.6) is 0 Å². The summed E-state index contributed by atoms with van der Waals surface area (Å²) in [7, 11) is 0. The van der Waals surface area contributed by atoms with Crippen molar-refractivity contribution in [3.8, 4) is 0 Å². The normalized spacial score (nSPS) is 24.9. The Morgan fingerprint density at radius 1 is 1.58 bits per heavy atom. The van der Waals surface area contributed by atoms with E-state index in [2.05, 4.69) is 16.9 Å². The van der Waals surface area contributed by atoms with Crippen molar-refractivity contribution in [2.45, 2.75) is 57.6 Å². The Labute approximate surface area is 113 Å². The van der Waals surface area contributed by atoms with E-state index in [-0.39, 0.29) is 12.1 Å². The molecule has 0 radical (unpaired) electrons. The van der Waals surface area contributed by atoms with Gasteiger partial charge in [0.25, 0.3) is 0 Å². The monoisotopic (exact) mass is 265 g/mol. The van der Waals surface area contributed by atoms with Crippen molar-refractivity contribution < 1.29 is 9.53 Å². The van der Waals surface area contributed by atoms with Gasteiger partial charge in [-0.15, -0.1) is 0 Å². The van der Waals surface area contributed by atoms with Gasteiger partial charge >= 0.3 is 5.97 Å². The lowest BCUT2D eigenvalue weighted by Crippen LogP contribution is -2.39. The summed E-state index contributed by atoms with van der Waals surface area (Å²) in [6.45, 7) is 2.15. The highest BCUT2D eigenvalue weighted by Crippen LogP contribution is 2.29. The van der Waals surface area contributed by atoms with Crippen LogP contribution in [0, 0.1) is 5.92 Å². The van der Waals surface area contributed by atoms with E-state index in [0.29, 0.717) is 12.3 Å².